The molecular formula is C16H13Cl3N2O2. The van der Waals surface area contributed by atoms with Crippen molar-refractivity contribution in [1.29, 1.82) is 0 Å². The molecule has 23 heavy (non-hydrogen) atoms. The highest BCUT2D eigenvalue weighted by atomic mass is 35.5. The van der Waals surface area contributed by atoms with Crippen molar-refractivity contribution in [2.45, 2.75) is 12.8 Å². The number of benzene rings is 2. The molecule has 2 N–H and O–H groups in total. The molecule has 1 amide bonds. The van der Waals surface area contributed by atoms with Crippen molar-refractivity contribution in [2.75, 3.05) is 12.0 Å². The number of amides is 1. The SMILES string of the molecule is O=C(Cc1ccc2c(c1)CCO2)NNc1c(Cl)cc(Cl)cc1Cl. The molecule has 1 heterocycles. The van der Waals surface area contributed by atoms with E-state index in [1.807, 2.05) is 18.2 Å². The van der Waals surface area contributed by atoms with Crippen LogP contribution in [0.15, 0.2) is 30.3 Å². The second-order valence-electron chi connectivity index (χ2n) is 5.13. The van der Waals surface area contributed by atoms with Crippen molar-refractivity contribution in [3.8, 4) is 5.75 Å². The van der Waals surface area contributed by atoms with Gasteiger partial charge in [-0.1, -0.05) is 46.9 Å². The van der Waals surface area contributed by atoms with Crippen molar-refractivity contribution < 1.29 is 9.53 Å². The van der Waals surface area contributed by atoms with Gasteiger partial charge in [0.2, 0.25) is 5.91 Å². The molecule has 1 aliphatic heterocycles. The van der Waals surface area contributed by atoms with Crippen LogP contribution in [-0.2, 0) is 17.6 Å². The molecule has 120 valence electrons. The summed E-state index contributed by atoms with van der Waals surface area (Å²) in [6.07, 6.45) is 1.11. The lowest BCUT2D eigenvalue weighted by molar-refractivity contribution is -0.119. The zero-order valence-electron chi connectivity index (χ0n) is 12.0. The average Bonchev–Trinajstić information content (AvgIpc) is 2.93. The van der Waals surface area contributed by atoms with Gasteiger partial charge in [-0.05, 0) is 29.3 Å². The monoisotopic (exact) mass is 370 g/mol. The van der Waals surface area contributed by atoms with E-state index in [-0.39, 0.29) is 12.3 Å². The first-order valence-corrected chi connectivity index (χ1v) is 8.10. The molecule has 4 nitrogen and oxygen atoms in total. The van der Waals surface area contributed by atoms with Crippen LogP contribution in [-0.4, -0.2) is 12.5 Å². The first-order chi connectivity index (χ1) is 11.0. The summed E-state index contributed by atoms with van der Waals surface area (Å²) in [5.41, 5.74) is 7.78. The fourth-order valence-corrected chi connectivity index (χ4v) is 3.28. The predicted molar refractivity (Wildman–Crippen MR) is 92.6 cm³/mol. The van der Waals surface area contributed by atoms with Gasteiger partial charge in [0.05, 0.1) is 28.8 Å². The Balaban J connectivity index is 1.62. The van der Waals surface area contributed by atoms with Gasteiger partial charge in [0.1, 0.15) is 5.75 Å². The zero-order valence-corrected chi connectivity index (χ0v) is 14.2. The van der Waals surface area contributed by atoms with Gasteiger partial charge in [-0.15, -0.1) is 0 Å². The van der Waals surface area contributed by atoms with Gasteiger partial charge in [-0.3, -0.25) is 15.6 Å². The molecule has 0 bridgehead atoms. The molecule has 0 aliphatic carbocycles. The molecule has 0 atom stereocenters. The van der Waals surface area contributed by atoms with Crippen LogP contribution in [0, 0.1) is 0 Å². The Morgan fingerprint density at radius 1 is 1.13 bits per heavy atom. The molecule has 7 heteroatoms. The number of hydrazine groups is 1. The smallest absolute Gasteiger partial charge is 0.242 e. The number of ether oxygens (including phenoxy) is 1. The largest absolute Gasteiger partial charge is 0.493 e. The van der Waals surface area contributed by atoms with Crippen molar-refractivity contribution in [3.05, 3.63) is 56.5 Å². The van der Waals surface area contributed by atoms with Crippen LogP contribution < -0.4 is 15.6 Å². The van der Waals surface area contributed by atoms with Crippen LogP contribution >= 0.6 is 34.8 Å². The van der Waals surface area contributed by atoms with Gasteiger partial charge >= 0.3 is 0 Å². The lowest BCUT2D eigenvalue weighted by atomic mass is 10.1. The van der Waals surface area contributed by atoms with Gasteiger partial charge < -0.3 is 4.74 Å². The molecule has 0 spiro atoms. The van der Waals surface area contributed by atoms with Crippen LogP contribution in [0.4, 0.5) is 5.69 Å². The summed E-state index contributed by atoms with van der Waals surface area (Å²) < 4.78 is 5.45. The maximum atomic E-state index is 12.1. The maximum Gasteiger partial charge on any atom is 0.242 e. The third-order valence-electron chi connectivity index (χ3n) is 3.45. The number of nitrogens with one attached hydrogen (secondary N) is 2. The molecule has 0 saturated heterocycles. The normalized spacial score (nSPS) is 12.5. The summed E-state index contributed by atoms with van der Waals surface area (Å²) >= 11 is 17.9. The fourth-order valence-electron chi connectivity index (χ4n) is 2.37. The van der Waals surface area contributed by atoms with Crippen molar-refractivity contribution >= 4 is 46.4 Å². The lowest BCUT2D eigenvalue weighted by Gasteiger charge is -2.12. The van der Waals surface area contributed by atoms with Crippen LogP contribution in [0.25, 0.3) is 0 Å². The van der Waals surface area contributed by atoms with Gasteiger partial charge in [0, 0.05) is 11.4 Å². The lowest BCUT2D eigenvalue weighted by Crippen LogP contribution is -2.31. The van der Waals surface area contributed by atoms with E-state index in [9.17, 15) is 4.79 Å². The highest BCUT2D eigenvalue weighted by Gasteiger charge is 2.14. The molecule has 0 aromatic heterocycles. The maximum absolute atomic E-state index is 12.1. The molecule has 0 radical (unpaired) electrons. The number of hydrogen-bond donors (Lipinski definition) is 2. The Kier molecular flexibility index (Phi) is 4.85. The topological polar surface area (TPSA) is 50.4 Å². The van der Waals surface area contributed by atoms with E-state index in [4.69, 9.17) is 39.5 Å². The van der Waals surface area contributed by atoms with Crippen LogP contribution in [0.5, 0.6) is 5.75 Å². The summed E-state index contributed by atoms with van der Waals surface area (Å²) in [5, 5.41) is 1.09. The molecular weight excluding hydrogens is 359 g/mol. The number of anilines is 1. The second-order valence-corrected chi connectivity index (χ2v) is 6.39. The van der Waals surface area contributed by atoms with Crippen LogP contribution in [0.2, 0.25) is 15.1 Å². The van der Waals surface area contributed by atoms with E-state index in [1.165, 1.54) is 0 Å². The average molecular weight is 372 g/mol. The number of carbonyl (C=O) groups excluding carboxylic acids is 1. The number of rotatable bonds is 4. The van der Waals surface area contributed by atoms with E-state index < -0.39 is 0 Å². The Labute approximate surface area is 148 Å². The Morgan fingerprint density at radius 3 is 2.61 bits per heavy atom. The summed E-state index contributed by atoms with van der Waals surface area (Å²) in [6, 6.07) is 8.86. The second kappa shape index (κ2) is 6.87. The van der Waals surface area contributed by atoms with Gasteiger partial charge in [0.15, 0.2) is 0 Å². The highest BCUT2D eigenvalue weighted by molar-refractivity contribution is 6.41. The minimum absolute atomic E-state index is 0.203. The highest BCUT2D eigenvalue weighted by Crippen LogP contribution is 2.33. The Bertz CT molecular complexity index is 742. The minimum atomic E-state index is -0.203. The summed E-state index contributed by atoms with van der Waals surface area (Å²) in [6.45, 7) is 0.695. The molecule has 0 fully saturated rings. The van der Waals surface area contributed by atoms with E-state index in [0.717, 1.165) is 23.3 Å². The first-order valence-electron chi connectivity index (χ1n) is 6.97. The fraction of sp³-hybridized carbons (Fsp3) is 0.188. The molecule has 0 saturated carbocycles. The standard InChI is InChI=1S/C16H13Cl3N2O2/c17-11-7-12(18)16(13(19)8-11)21-20-15(22)6-9-1-2-14-10(5-9)3-4-23-14/h1-2,5,7-8,21H,3-4,6H2,(H,20,22). The molecule has 0 unspecified atom stereocenters. The Morgan fingerprint density at radius 2 is 1.87 bits per heavy atom. The third kappa shape index (κ3) is 3.83. The zero-order chi connectivity index (χ0) is 16.4. The van der Waals surface area contributed by atoms with Gasteiger partial charge in [0.25, 0.3) is 0 Å². The number of halogens is 3. The quantitative estimate of drug-likeness (QED) is 0.789. The van der Waals surface area contributed by atoms with Crippen molar-refractivity contribution in [3.63, 3.8) is 0 Å². The van der Waals surface area contributed by atoms with Crippen LogP contribution in [0.1, 0.15) is 11.1 Å². The van der Waals surface area contributed by atoms with Gasteiger partial charge in [-0.25, -0.2) is 0 Å². The van der Waals surface area contributed by atoms with Crippen LogP contribution in [0.3, 0.4) is 0 Å². The Hall–Kier alpha value is -1.62. The molecule has 2 aromatic carbocycles. The number of fused-ring (bicyclic) bond motifs is 1. The number of hydrogen-bond acceptors (Lipinski definition) is 3. The van der Waals surface area contributed by atoms with Gasteiger partial charge in [-0.2, -0.15) is 0 Å². The van der Waals surface area contributed by atoms with Crippen molar-refractivity contribution in [1.82, 2.24) is 5.43 Å². The summed E-state index contributed by atoms with van der Waals surface area (Å²) in [7, 11) is 0. The van der Waals surface area contributed by atoms with E-state index >= 15 is 0 Å². The number of carbonyl (C=O) groups is 1. The summed E-state index contributed by atoms with van der Waals surface area (Å²) in [4.78, 5) is 12.1. The van der Waals surface area contributed by atoms with Crippen molar-refractivity contribution in [2.24, 2.45) is 0 Å². The minimum Gasteiger partial charge on any atom is -0.493 e. The molecule has 1 aliphatic rings. The predicted octanol–water partition coefficient (Wildman–Crippen LogP) is 4.27. The molecule has 3 rings (SSSR count). The molecule has 2 aromatic rings. The summed E-state index contributed by atoms with van der Waals surface area (Å²) in [5.74, 6) is 0.693. The van der Waals surface area contributed by atoms with E-state index in [1.54, 1.807) is 12.1 Å². The van der Waals surface area contributed by atoms with E-state index in [0.29, 0.717) is 27.4 Å². The third-order valence-corrected chi connectivity index (χ3v) is 4.27. The van der Waals surface area contributed by atoms with E-state index in [2.05, 4.69) is 10.9 Å². The first kappa shape index (κ1) is 16.2.